The van der Waals surface area contributed by atoms with Gasteiger partial charge in [0.15, 0.2) is 0 Å². The summed E-state index contributed by atoms with van der Waals surface area (Å²) in [5.74, 6) is 0.741. The number of alkyl halides is 1. The molecule has 0 aromatic carbocycles. The van der Waals surface area contributed by atoms with Gasteiger partial charge in [0.25, 0.3) is 0 Å². The van der Waals surface area contributed by atoms with Crippen LogP contribution in [0.2, 0.25) is 0 Å². The Labute approximate surface area is 66.5 Å². The average molecular weight is 191 g/mol. The van der Waals surface area contributed by atoms with Gasteiger partial charge in [-0.15, -0.1) is 6.58 Å². The molecule has 0 fully saturated rings. The normalized spacial score (nSPS) is 13.8. The Morgan fingerprint density at radius 1 is 1.56 bits per heavy atom. The summed E-state index contributed by atoms with van der Waals surface area (Å²) < 4.78 is 0. The monoisotopic (exact) mass is 190 g/mol. The van der Waals surface area contributed by atoms with Crippen LogP contribution in [0.1, 0.15) is 26.7 Å². The highest BCUT2D eigenvalue weighted by molar-refractivity contribution is 9.09. The second-order valence-corrected chi connectivity index (χ2v) is 3.80. The van der Waals surface area contributed by atoms with E-state index in [0.29, 0.717) is 4.83 Å². The van der Waals surface area contributed by atoms with Crippen molar-refractivity contribution in [3.05, 3.63) is 12.7 Å². The third-order valence-corrected chi connectivity index (χ3v) is 2.89. The molecule has 0 aromatic heterocycles. The van der Waals surface area contributed by atoms with E-state index in [1.807, 2.05) is 6.08 Å². The molecule has 0 aliphatic rings. The molecule has 0 aliphatic heterocycles. The Hall–Kier alpha value is 0.220. The molecule has 1 atom stereocenters. The van der Waals surface area contributed by atoms with E-state index in [0.717, 1.165) is 12.3 Å². The number of hydrogen-bond donors (Lipinski definition) is 0. The van der Waals surface area contributed by atoms with Crippen molar-refractivity contribution < 1.29 is 0 Å². The van der Waals surface area contributed by atoms with E-state index >= 15 is 0 Å². The van der Waals surface area contributed by atoms with Gasteiger partial charge in [-0.3, -0.25) is 0 Å². The Bertz CT molecular complexity index is 76.6. The Kier molecular flexibility index (Phi) is 5.16. The molecule has 0 rings (SSSR count). The zero-order chi connectivity index (χ0) is 7.28. The van der Waals surface area contributed by atoms with Gasteiger partial charge in [-0.1, -0.05) is 35.9 Å². The Morgan fingerprint density at radius 2 is 2.11 bits per heavy atom. The van der Waals surface area contributed by atoms with Crippen molar-refractivity contribution in [1.82, 2.24) is 0 Å². The molecule has 1 heteroatoms. The lowest BCUT2D eigenvalue weighted by Gasteiger charge is -2.10. The summed E-state index contributed by atoms with van der Waals surface area (Å²) in [4.78, 5) is 0.662. The highest BCUT2D eigenvalue weighted by Crippen LogP contribution is 2.17. The highest BCUT2D eigenvalue weighted by Gasteiger charge is 2.06. The van der Waals surface area contributed by atoms with Crippen LogP contribution in [-0.2, 0) is 0 Å². The second-order valence-electron chi connectivity index (χ2n) is 2.63. The molecule has 9 heavy (non-hydrogen) atoms. The van der Waals surface area contributed by atoms with Gasteiger partial charge in [0.05, 0.1) is 0 Å². The minimum absolute atomic E-state index is 0.662. The molecule has 0 aliphatic carbocycles. The number of rotatable bonds is 4. The molecule has 0 saturated carbocycles. The molecule has 0 saturated heterocycles. The van der Waals surface area contributed by atoms with Crippen LogP contribution in [0.4, 0.5) is 0 Å². The second kappa shape index (κ2) is 5.04. The van der Waals surface area contributed by atoms with Gasteiger partial charge in [-0.25, -0.2) is 0 Å². The van der Waals surface area contributed by atoms with E-state index < -0.39 is 0 Å². The van der Waals surface area contributed by atoms with Gasteiger partial charge in [0, 0.05) is 4.83 Å². The van der Waals surface area contributed by atoms with E-state index in [-0.39, 0.29) is 0 Å². The quantitative estimate of drug-likeness (QED) is 0.472. The highest BCUT2D eigenvalue weighted by atomic mass is 79.9. The van der Waals surface area contributed by atoms with Gasteiger partial charge >= 0.3 is 0 Å². The van der Waals surface area contributed by atoms with E-state index in [1.165, 1.54) is 6.42 Å². The Balaban J connectivity index is 3.26. The third kappa shape index (κ3) is 4.71. The smallest absolute Gasteiger partial charge is 0.0171 e. The fourth-order valence-electron chi connectivity index (χ4n) is 0.610. The zero-order valence-corrected chi connectivity index (χ0v) is 7.82. The van der Waals surface area contributed by atoms with E-state index in [9.17, 15) is 0 Å². The van der Waals surface area contributed by atoms with Gasteiger partial charge in [0.1, 0.15) is 0 Å². The molecular weight excluding hydrogens is 176 g/mol. The average Bonchev–Trinajstić information content (AvgIpc) is 1.82. The van der Waals surface area contributed by atoms with Gasteiger partial charge in [-0.05, 0) is 18.8 Å². The number of allylic oxidation sites excluding steroid dienone is 1. The van der Waals surface area contributed by atoms with Crippen LogP contribution in [0.5, 0.6) is 0 Å². The van der Waals surface area contributed by atoms with Crippen molar-refractivity contribution in [3.63, 3.8) is 0 Å². The number of halogens is 1. The summed E-state index contributed by atoms with van der Waals surface area (Å²) in [7, 11) is 0. The van der Waals surface area contributed by atoms with Crippen molar-refractivity contribution in [1.29, 1.82) is 0 Å². The molecule has 0 spiro atoms. The van der Waals surface area contributed by atoms with Crippen LogP contribution in [0.15, 0.2) is 12.7 Å². The van der Waals surface area contributed by atoms with Crippen LogP contribution in [0.3, 0.4) is 0 Å². The molecule has 1 unspecified atom stereocenters. The van der Waals surface area contributed by atoms with Crippen LogP contribution in [0, 0.1) is 5.92 Å². The van der Waals surface area contributed by atoms with Gasteiger partial charge in [0.2, 0.25) is 0 Å². The first-order valence-electron chi connectivity index (χ1n) is 3.43. The van der Waals surface area contributed by atoms with Crippen LogP contribution in [-0.4, -0.2) is 4.83 Å². The summed E-state index contributed by atoms with van der Waals surface area (Å²) in [5, 5.41) is 0. The first-order chi connectivity index (χ1) is 4.18. The van der Waals surface area contributed by atoms with Crippen LogP contribution >= 0.6 is 15.9 Å². The predicted octanol–water partition coefficient (Wildman–Crippen LogP) is 3.37. The van der Waals surface area contributed by atoms with Crippen LogP contribution in [0.25, 0.3) is 0 Å². The summed E-state index contributed by atoms with van der Waals surface area (Å²) in [6, 6.07) is 0. The van der Waals surface area contributed by atoms with Crippen LogP contribution < -0.4 is 0 Å². The maximum Gasteiger partial charge on any atom is 0.0171 e. The molecular formula is C8H15Br. The lowest BCUT2D eigenvalue weighted by Crippen LogP contribution is -2.05. The lowest BCUT2D eigenvalue weighted by atomic mass is 10.1. The van der Waals surface area contributed by atoms with E-state index in [1.54, 1.807) is 0 Å². The fraction of sp³-hybridized carbons (Fsp3) is 0.750. The largest absolute Gasteiger partial charge is 0.103 e. The summed E-state index contributed by atoms with van der Waals surface area (Å²) in [6.45, 7) is 8.12. The molecule has 0 nitrogen and oxygen atoms in total. The van der Waals surface area contributed by atoms with Gasteiger partial charge < -0.3 is 0 Å². The first-order valence-corrected chi connectivity index (χ1v) is 4.35. The summed E-state index contributed by atoms with van der Waals surface area (Å²) in [6.07, 6.45) is 4.30. The molecule has 0 N–H and O–H groups in total. The summed E-state index contributed by atoms with van der Waals surface area (Å²) in [5.41, 5.74) is 0. The molecule has 0 radical (unpaired) electrons. The molecule has 0 bridgehead atoms. The fourth-order valence-corrected chi connectivity index (χ4v) is 0.875. The zero-order valence-electron chi connectivity index (χ0n) is 6.23. The van der Waals surface area contributed by atoms with E-state index in [2.05, 4.69) is 36.4 Å². The minimum atomic E-state index is 0.662. The van der Waals surface area contributed by atoms with Crippen molar-refractivity contribution in [3.8, 4) is 0 Å². The number of hydrogen-bond acceptors (Lipinski definition) is 0. The predicted molar refractivity (Wildman–Crippen MR) is 47.0 cm³/mol. The summed E-state index contributed by atoms with van der Waals surface area (Å²) >= 11 is 3.60. The maximum absolute atomic E-state index is 3.67. The van der Waals surface area contributed by atoms with Crippen molar-refractivity contribution in [2.45, 2.75) is 31.5 Å². The standard InChI is InChI=1S/C8H15Br/c1-4-5-6-8(9)7(2)3/h4,7-8H,1,5-6H2,2-3H3. The molecule has 0 aromatic rings. The third-order valence-electron chi connectivity index (χ3n) is 1.37. The molecule has 0 heterocycles. The SMILES string of the molecule is C=CCCC(Br)C(C)C. The maximum atomic E-state index is 3.67. The minimum Gasteiger partial charge on any atom is -0.103 e. The van der Waals surface area contributed by atoms with Gasteiger partial charge in [-0.2, -0.15) is 0 Å². The molecule has 0 amide bonds. The van der Waals surface area contributed by atoms with Crippen molar-refractivity contribution in [2.75, 3.05) is 0 Å². The van der Waals surface area contributed by atoms with Crippen molar-refractivity contribution >= 4 is 15.9 Å². The van der Waals surface area contributed by atoms with E-state index in [4.69, 9.17) is 0 Å². The Morgan fingerprint density at radius 3 is 2.44 bits per heavy atom. The molecule has 54 valence electrons. The lowest BCUT2D eigenvalue weighted by molar-refractivity contribution is 0.586. The van der Waals surface area contributed by atoms with Crippen molar-refractivity contribution in [2.24, 2.45) is 5.92 Å². The first kappa shape index (κ1) is 9.22. The topological polar surface area (TPSA) is 0 Å².